The van der Waals surface area contributed by atoms with E-state index in [9.17, 15) is 9.18 Å². The Labute approximate surface area is 126 Å². The van der Waals surface area contributed by atoms with Crippen LogP contribution in [0.4, 0.5) is 4.39 Å². The molecule has 1 aliphatic heterocycles. The van der Waals surface area contributed by atoms with Crippen LogP contribution >= 0.6 is 11.6 Å². The summed E-state index contributed by atoms with van der Waals surface area (Å²) in [5.74, 6) is 0.303. The highest BCUT2D eigenvalue weighted by atomic mass is 35.5. The van der Waals surface area contributed by atoms with Gasteiger partial charge in [0.25, 0.3) is 5.56 Å². The van der Waals surface area contributed by atoms with Gasteiger partial charge in [-0.25, -0.2) is 9.37 Å². The number of fused-ring (bicyclic) bond motifs is 1. The Morgan fingerprint density at radius 2 is 2.29 bits per heavy atom. The van der Waals surface area contributed by atoms with E-state index in [0.29, 0.717) is 29.5 Å². The Balaban J connectivity index is 1.82. The standard InChI is InChI=1S/C15H15ClFN3O/c1-9-18-14-4-5-20(8-12(14)15(21)19-9)7-10-2-3-11(17)6-13(10)16/h2-3,6H,4-5,7-8H2,1H3,(H,18,19,21). The number of benzene rings is 1. The molecule has 0 fully saturated rings. The van der Waals surface area contributed by atoms with Crippen molar-refractivity contribution in [1.82, 2.24) is 14.9 Å². The quantitative estimate of drug-likeness (QED) is 0.927. The maximum Gasteiger partial charge on any atom is 0.255 e. The molecule has 0 unspecified atom stereocenters. The number of hydrogen-bond donors (Lipinski definition) is 1. The number of aryl methyl sites for hydroxylation is 1. The summed E-state index contributed by atoms with van der Waals surface area (Å²) in [5, 5.41) is 0.414. The number of aromatic nitrogens is 2. The van der Waals surface area contributed by atoms with E-state index in [-0.39, 0.29) is 11.4 Å². The largest absolute Gasteiger partial charge is 0.310 e. The van der Waals surface area contributed by atoms with E-state index in [0.717, 1.165) is 24.2 Å². The summed E-state index contributed by atoms with van der Waals surface area (Å²) < 4.78 is 13.1. The zero-order valence-electron chi connectivity index (χ0n) is 11.6. The van der Waals surface area contributed by atoms with Crippen LogP contribution in [-0.2, 0) is 19.5 Å². The second kappa shape index (κ2) is 5.58. The highest BCUT2D eigenvalue weighted by molar-refractivity contribution is 6.31. The number of H-pyrrole nitrogens is 1. The molecular formula is C15H15ClFN3O. The summed E-state index contributed by atoms with van der Waals surface area (Å²) in [5.41, 5.74) is 2.37. The van der Waals surface area contributed by atoms with Crippen molar-refractivity contribution < 1.29 is 4.39 Å². The molecule has 1 aliphatic rings. The number of hydrogen-bond acceptors (Lipinski definition) is 3. The van der Waals surface area contributed by atoms with Crippen LogP contribution in [-0.4, -0.2) is 21.4 Å². The minimum atomic E-state index is -0.344. The fourth-order valence-electron chi connectivity index (χ4n) is 2.63. The molecule has 0 saturated heterocycles. The molecule has 0 bridgehead atoms. The second-order valence-corrected chi connectivity index (χ2v) is 5.68. The Kier molecular flexibility index (Phi) is 3.78. The summed E-state index contributed by atoms with van der Waals surface area (Å²) in [6.45, 7) is 3.71. The topological polar surface area (TPSA) is 49.0 Å². The van der Waals surface area contributed by atoms with E-state index >= 15 is 0 Å². The molecule has 0 atom stereocenters. The van der Waals surface area contributed by atoms with Crippen LogP contribution in [0.5, 0.6) is 0 Å². The number of nitrogens with one attached hydrogen (secondary N) is 1. The van der Waals surface area contributed by atoms with Gasteiger partial charge in [-0.1, -0.05) is 17.7 Å². The highest BCUT2D eigenvalue weighted by Gasteiger charge is 2.21. The van der Waals surface area contributed by atoms with Crippen molar-refractivity contribution in [3.05, 3.63) is 62.0 Å². The summed E-state index contributed by atoms with van der Waals surface area (Å²) in [6.07, 6.45) is 0.735. The zero-order valence-corrected chi connectivity index (χ0v) is 12.4. The van der Waals surface area contributed by atoms with Crippen molar-refractivity contribution in [3.8, 4) is 0 Å². The fraction of sp³-hybridized carbons (Fsp3) is 0.333. The maximum absolute atomic E-state index is 13.1. The van der Waals surface area contributed by atoms with Crippen molar-refractivity contribution in [2.75, 3.05) is 6.54 Å². The van der Waals surface area contributed by atoms with Crippen LogP contribution in [0.3, 0.4) is 0 Å². The van der Waals surface area contributed by atoms with E-state index in [1.54, 1.807) is 13.0 Å². The third-order valence-corrected chi connectivity index (χ3v) is 4.03. The number of rotatable bonds is 2. The van der Waals surface area contributed by atoms with Crippen LogP contribution in [0.1, 0.15) is 22.6 Å². The van der Waals surface area contributed by atoms with Gasteiger partial charge in [-0.3, -0.25) is 9.69 Å². The summed E-state index contributed by atoms with van der Waals surface area (Å²) in [4.78, 5) is 21.2. The van der Waals surface area contributed by atoms with Crippen LogP contribution in [0, 0.1) is 12.7 Å². The van der Waals surface area contributed by atoms with Gasteiger partial charge in [0, 0.05) is 31.1 Å². The van der Waals surface area contributed by atoms with Gasteiger partial charge in [0.15, 0.2) is 0 Å². The Morgan fingerprint density at radius 3 is 3.05 bits per heavy atom. The Morgan fingerprint density at radius 1 is 1.48 bits per heavy atom. The van der Waals surface area contributed by atoms with Crippen molar-refractivity contribution in [2.45, 2.75) is 26.4 Å². The van der Waals surface area contributed by atoms with E-state index in [1.165, 1.54) is 12.1 Å². The summed E-state index contributed by atoms with van der Waals surface area (Å²) >= 11 is 6.05. The predicted octanol–water partition coefficient (Wildman–Crippen LogP) is 2.43. The first kappa shape index (κ1) is 14.2. The lowest BCUT2D eigenvalue weighted by Crippen LogP contribution is -2.35. The van der Waals surface area contributed by atoms with Crippen LogP contribution in [0.25, 0.3) is 0 Å². The molecule has 2 aromatic rings. The lowest BCUT2D eigenvalue weighted by molar-refractivity contribution is 0.241. The molecule has 6 heteroatoms. The zero-order chi connectivity index (χ0) is 15.0. The predicted molar refractivity (Wildman–Crippen MR) is 78.8 cm³/mol. The van der Waals surface area contributed by atoms with Gasteiger partial charge in [0.2, 0.25) is 0 Å². The third-order valence-electron chi connectivity index (χ3n) is 3.68. The lowest BCUT2D eigenvalue weighted by atomic mass is 10.1. The average Bonchev–Trinajstić information content (AvgIpc) is 2.42. The number of aromatic amines is 1. The number of halogens is 2. The molecule has 0 radical (unpaired) electrons. The minimum absolute atomic E-state index is 0.0765. The molecule has 0 amide bonds. The Hall–Kier alpha value is -1.72. The SMILES string of the molecule is Cc1nc2c(c(=O)[nH]1)CN(Cc1ccc(F)cc1Cl)CC2. The van der Waals surface area contributed by atoms with Crippen molar-refractivity contribution in [1.29, 1.82) is 0 Å². The lowest BCUT2D eigenvalue weighted by Gasteiger charge is -2.27. The first-order valence-corrected chi connectivity index (χ1v) is 7.15. The first-order valence-electron chi connectivity index (χ1n) is 6.78. The van der Waals surface area contributed by atoms with Crippen molar-refractivity contribution in [3.63, 3.8) is 0 Å². The molecule has 110 valence electrons. The van der Waals surface area contributed by atoms with Gasteiger partial charge >= 0.3 is 0 Å². The monoisotopic (exact) mass is 307 g/mol. The molecule has 3 rings (SSSR count). The Bertz CT molecular complexity index is 744. The van der Waals surface area contributed by atoms with Gasteiger partial charge in [-0.15, -0.1) is 0 Å². The molecule has 0 spiro atoms. The summed E-state index contributed by atoms with van der Waals surface area (Å²) in [6, 6.07) is 4.40. The molecule has 1 aromatic heterocycles. The third kappa shape index (κ3) is 2.99. The summed E-state index contributed by atoms with van der Waals surface area (Å²) in [7, 11) is 0. The van der Waals surface area contributed by atoms with Gasteiger partial charge < -0.3 is 4.98 Å². The molecule has 2 heterocycles. The fourth-order valence-corrected chi connectivity index (χ4v) is 2.86. The first-order chi connectivity index (χ1) is 10.0. The highest BCUT2D eigenvalue weighted by Crippen LogP contribution is 2.22. The van der Waals surface area contributed by atoms with E-state index in [1.807, 2.05) is 0 Å². The second-order valence-electron chi connectivity index (χ2n) is 5.27. The van der Waals surface area contributed by atoms with Gasteiger partial charge in [0.05, 0.1) is 11.3 Å². The van der Waals surface area contributed by atoms with Gasteiger partial charge in [-0.05, 0) is 24.6 Å². The van der Waals surface area contributed by atoms with Gasteiger partial charge in [0.1, 0.15) is 11.6 Å². The molecule has 1 aromatic carbocycles. The van der Waals surface area contributed by atoms with E-state index in [4.69, 9.17) is 11.6 Å². The van der Waals surface area contributed by atoms with Crippen molar-refractivity contribution >= 4 is 11.6 Å². The van der Waals surface area contributed by atoms with Gasteiger partial charge in [-0.2, -0.15) is 0 Å². The smallest absolute Gasteiger partial charge is 0.255 e. The van der Waals surface area contributed by atoms with Crippen molar-refractivity contribution in [2.24, 2.45) is 0 Å². The van der Waals surface area contributed by atoms with Crippen LogP contribution in [0.15, 0.2) is 23.0 Å². The van der Waals surface area contributed by atoms with E-state index in [2.05, 4.69) is 14.9 Å². The normalized spacial score (nSPS) is 15.0. The number of nitrogens with zero attached hydrogens (tertiary/aromatic N) is 2. The van der Waals surface area contributed by atoms with E-state index < -0.39 is 0 Å². The maximum atomic E-state index is 13.1. The van der Waals surface area contributed by atoms with Crippen LogP contribution in [0.2, 0.25) is 5.02 Å². The van der Waals surface area contributed by atoms with Crippen LogP contribution < -0.4 is 5.56 Å². The molecule has 21 heavy (non-hydrogen) atoms. The minimum Gasteiger partial charge on any atom is -0.310 e. The average molecular weight is 308 g/mol. The molecule has 0 aliphatic carbocycles. The molecule has 4 nitrogen and oxygen atoms in total. The molecular weight excluding hydrogens is 293 g/mol. The molecule has 0 saturated carbocycles. The molecule has 1 N–H and O–H groups in total.